The van der Waals surface area contributed by atoms with Gasteiger partial charge in [-0.05, 0) is 23.3 Å². The van der Waals surface area contributed by atoms with E-state index >= 15 is 0 Å². The number of nitrogens with one attached hydrogen (secondary N) is 1. The maximum absolute atomic E-state index is 15.0. The lowest BCUT2D eigenvalue weighted by atomic mass is 10.0. The van der Waals surface area contributed by atoms with Crippen LogP contribution in [0.1, 0.15) is 0 Å². The molecule has 0 saturated carbocycles. The summed E-state index contributed by atoms with van der Waals surface area (Å²) in [4.78, 5) is 8.45. The minimum atomic E-state index is -0.652. The van der Waals surface area contributed by atoms with Gasteiger partial charge in [-0.1, -0.05) is 48.2 Å². The Morgan fingerprint density at radius 3 is 2.40 bits per heavy atom. The average Bonchev–Trinajstić information content (AvgIpc) is 3.56. The van der Waals surface area contributed by atoms with Gasteiger partial charge in [-0.2, -0.15) is 0 Å². The molecular formula is C26H22F2N2O4S. The third-order valence-electron chi connectivity index (χ3n) is 6.36. The van der Waals surface area contributed by atoms with Crippen molar-refractivity contribution in [2.75, 3.05) is 19.2 Å². The number of rotatable bonds is 6. The first-order valence-corrected chi connectivity index (χ1v) is 12.2. The number of aromatic nitrogens is 2. The Hall–Kier alpha value is -2.98. The molecule has 2 aliphatic rings. The summed E-state index contributed by atoms with van der Waals surface area (Å²) in [6, 6.07) is 17.8. The van der Waals surface area contributed by atoms with Crippen LogP contribution in [0.5, 0.6) is 5.88 Å². The van der Waals surface area contributed by atoms with E-state index in [2.05, 4.69) is 9.97 Å². The average molecular weight is 497 g/mol. The SMILES string of the molecule is OC1CO[C@@H]2C(Oc3cc4nc(-c5ccc(-c6ccc(SCF)cc6)cc5)c(F)cc4[nH]3)COC12. The van der Waals surface area contributed by atoms with Crippen LogP contribution in [-0.4, -0.2) is 58.7 Å². The number of halogens is 2. The lowest BCUT2D eigenvalue weighted by Gasteiger charge is -2.16. The molecule has 0 amide bonds. The molecule has 180 valence electrons. The monoisotopic (exact) mass is 496 g/mol. The van der Waals surface area contributed by atoms with Crippen LogP contribution in [0.4, 0.5) is 8.78 Å². The zero-order valence-electron chi connectivity index (χ0n) is 18.5. The minimum Gasteiger partial charge on any atom is -0.470 e. The third-order valence-corrected chi connectivity index (χ3v) is 7.07. The van der Waals surface area contributed by atoms with Gasteiger partial charge < -0.3 is 24.3 Å². The van der Waals surface area contributed by atoms with E-state index in [1.165, 1.54) is 6.07 Å². The fraction of sp³-hybridized carbons (Fsp3) is 0.269. The van der Waals surface area contributed by atoms with Crippen molar-refractivity contribution < 1.29 is 28.1 Å². The van der Waals surface area contributed by atoms with Crippen LogP contribution in [0.2, 0.25) is 0 Å². The number of aromatic amines is 1. The van der Waals surface area contributed by atoms with Crippen LogP contribution in [-0.2, 0) is 9.47 Å². The Bertz CT molecular complexity index is 1350. The van der Waals surface area contributed by atoms with E-state index in [1.807, 2.05) is 48.5 Å². The van der Waals surface area contributed by atoms with Crippen molar-refractivity contribution in [1.82, 2.24) is 9.97 Å². The molecule has 4 atom stereocenters. The Morgan fingerprint density at radius 1 is 0.971 bits per heavy atom. The molecule has 0 aliphatic carbocycles. The van der Waals surface area contributed by atoms with Crippen molar-refractivity contribution in [2.24, 2.45) is 0 Å². The van der Waals surface area contributed by atoms with E-state index in [4.69, 9.17) is 14.2 Å². The summed E-state index contributed by atoms with van der Waals surface area (Å²) in [5.41, 5.74) is 3.96. The molecule has 0 radical (unpaired) electrons. The smallest absolute Gasteiger partial charge is 0.193 e. The number of alkyl halides is 1. The number of hydrogen-bond donors (Lipinski definition) is 2. The van der Waals surface area contributed by atoms with Crippen molar-refractivity contribution in [1.29, 1.82) is 0 Å². The van der Waals surface area contributed by atoms with Gasteiger partial charge in [0, 0.05) is 22.6 Å². The van der Waals surface area contributed by atoms with Crippen molar-refractivity contribution in [3.63, 3.8) is 0 Å². The van der Waals surface area contributed by atoms with Crippen LogP contribution in [0.3, 0.4) is 0 Å². The molecule has 2 saturated heterocycles. The third kappa shape index (κ3) is 4.29. The summed E-state index contributed by atoms with van der Waals surface area (Å²) in [6.07, 6.45) is -1.75. The van der Waals surface area contributed by atoms with Gasteiger partial charge in [-0.25, -0.2) is 13.8 Å². The molecule has 4 aromatic rings. The zero-order chi connectivity index (χ0) is 23.9. The van der Waals surface area contributed by atoms with Crippen molar-refractivity contribution in [2.45, 2.75) is 29.3 Å². The lowest BCUT2D eigenvalue weighted by Crippen LogP contribution is -2.34. The molecule has 2 fully saturated rings. The predicted molar refractivity (Wildman–Crippen MR) is 129 cm³/mol. The van der Waals surface area contributed by atoms with Crippen LogP contribution in [0, 0.1) is 5.82 Å². The van der Waals surface area contributed by atoms with Gasteiger partial charge in [0.1, 0.15) is 30.0 Å². The van der Waals surface area contributed by atoms with Crippen LogP contribution in [0.25, 0.3) is 33.4 Å². The molecule has 6 nitrogen and oxygen atoms in total. The highest BCUT2D eigenvalue weighted by atomic mass is 32.2. The second-order valence-corrected chi connectivity index (χ2v) is 9.54. The van der Waals surface area contributed by atoms with E-state index in [0.717, 1.165) is 27.8 Å². The second kappa shape index (κ2) is 9.23. The summed E-state index contributed by atoms with van der Waals surface area (Å²) in [5, 5.41) is 9.90. The number of hydrogen-bond acceptors (Lipinski definition) is 6. The predicted octanol–water partition coefficient (Wildman–Crippen LogP) is 4.96. The number of pyridine rings is 1. The normalized spacial score (nSPS) is 23.6. The maximum atomic E-state index is 15.0. The molecule has 2 aliphatic heterocycles. The fourth-order valence-electron chi connectivity index (χ4n) is 4.61. The molecule has 2 aromatic carbocycles. The number of benzene rings is 2. The molecule has 0 spiro atoms. The Labute approximate surface area is 204 Å². The number of aliphatic hydroxyl groups excluding tert-OH is 1. The number of ether oxygens (including phenoxy) is 3. The van der Waals surface area contributed by atoms with Crippen molar-refractivity contribution >= 4 is 22.8 Å². The number of H-pyrrole nitrogens is 1. The fourth-order valence-corrected chi connectivity index (χ4v) is 5.06. The van der Waals surface area contributed by atoms with Gasteiger partial charge in [0.15, 0.2) is 17.8 Å². The lowest BCUT2D eigenvalue weighted by molar-refractivity contribution is 0.00794. The number of fused-ring (bicyclic) bond motifs is 2. The highest BCUT2D eigenvalue weighted by molar-refractivity contribution is 7.99. The maximum Gasteiger partial charge on any atom is 0.193 e. The van der Waals surface area contributed by atoms with Crippen LogP contribution >= 0.6 is 11.8 Å². The minimum absolute atomic E-state index is 0.223. The first-order valence-electron chi connectivity index (χ1n) is 11.3. The molecule has 3 unspecified atom stereocenters. The molecule has 0 bridgehead atoms. The molecule has 6 rings (SSSR count). The molecule has 4 heterocycles. The summed E-state index contributed by atoms with van der Waals surface area (Å²) in [6.45, 7) is 0.527. The van der Waals surface area contributed by atoms with Crippen molar-refractivity contribution in [3.05, 3.63) is 66.5 Å². The van der Waals surface area contributed by atoms with Crippen LogP contribution in [0.15, 0.2) is 65.6 Å². The molecule has 2 N–H and O–H groups in total. The van der Waals surface area contributed by atoms with E-state index in [0.29, 0.717) is 29.1 Å². The number of thioether (sulfide) groups is 1. The highest BCUT2D eigenvalue weighted by Crippen LogP contribution is 2.32. The summed E-state index contributed by atoms with van der Waals surface area (Å²) in [5.74, 6) is -0.00855. The van der Waals surface area contributed by atoms with Crippen LogP contribution < -0.4 is 4.74 Å². The van der Waals surface area contributed by atoms with E-state index in [9.17, 15) is 13.9 Å². The first-order chi connectivity index (χ1) is 17.1. The van der Waals surface area contributed by atoms with Gasteiger partial charge in [-0.15, -0.1) is 0 Å². The molecule has 9 heteroatoms. The van der Waals surface area contributed by atoms with Gasteiger partial charge >= 0.3 is 0 Å². The molecule has 35 heavy (non-hydrogen) atoms. The van der Waals surface area contributed by atoms with Gasteiger partial charge in [0.2, 0.25) is 0 Å². The largest absolute Gasteiger partial charge is 0.470 e. The Balaban J connectivity index is 1.22. The topological polar surface area (TPSA) is 76.6 Å². The standard InChI is InChI=1S/C26H22F2N2O4S/c27-13-35-17-7-5-15(6-8-17)14-1-3-16(4-2-14)24-18(28)9-19-20(30-24)10-23(29-19)34-22-12-33-25-21(31)11-32-26(22)25/h1-10,21-22,25-26,29,31H,11-13H2/t21?,22?,25?,26-/m1/s1. The quantitative estimate of drug-likeness (QED) is 0.368. The Morgan fingerprint density at radius 2 is 1.66 bits per heavy atom. The number of nitrogens with zero attached hydrogens (tertiary/aromatic N) is 1. The van der Waals surface area contributed by atoms with Gasteiger partial charge in [0.25, 0.3) is 0 Å². The van der Waals surface area contributed by atoms with Gasteiger partial charge in [-0.3, -0.25) is 0 Å². The van der Waals surface area contributed by atoms with Crippen molar-refractivity contribution in [3.8, 4) is 28.3 Å². The van der Waals surface area contributed by atoms with E-state index < -0.39 is 17.9 Å². The summed E-state index contributed by atoms with van der Waals surface area (Å²) in [7, 11) is 0. The highest BCUT2D eigenvalue weighted by Gasteiger charge is 2.48. The molecule has 2 aromatic heterocycles. The Kier molecular flexibility index (Phi) is 5.93. The zero-order valence-corrected chi connectivity index (χ0v) is 19.3. The van der Waals surface area contributed by atoms with E-state index in [-0.39, 0.29) is 30.6 Å². The molecular weight excluding hydrogens is 474 g/mol. The summed E-state index contributed by atoms with van der Waals surface area (Å²) < 4.78 is 44.6. The van der Waals surface area contributed by atoms with E-state index in [1.54, 1.807) is 6.07 Å². The number of aliphatic hydroxyl groups is 1. The summed E-state index contributed by atoms with van der Waals surface area (Å²) >= 11 is 1.15. The first kappa shape index (κ1) is 22.5. The van der Waals surface area contributed by atoms with Gasteiger partial charge in [0.05, 0.1) is 24.2 Å². The second-order valence-electron chi connectivity index (χ2n) is 8.56.